The Balaban J connectivity index is 1.40. The van der Waals surface area contributed by atoms with Crippen LogP contribution < -0.4 is 0 Å². The third kappa shape index (κ3) is 5.88. The second-order valence-electron chi connectivity index (χ2n) is 12.7. The summed E-state index contributed by atoms with van der Waals surface area (Å²) in [4.78, 5) is 0. The van der Waals surface area contributed by atoms with Crippen LogP contribution >= 0.6 is 0 Å². The number of aliphatic hydroxyl groups is 7. The summed E-state index contributed by atoms with van der Waals surface area (Å²) in [5, 5.41) is 72.4. The van der Waals surface area contributed by atoms with Gasteiger partial charge in [0.15, 0.2) is 12.6 Å². The van der Waals surface area contributed by atoms with Gasteiger partial charge in [-0.2, -0.15) is 0 Å². The summed E-state index contributed by atoms with van der Waals surface area (Å²) in [6.07, 6.45) is -6.95. The molecule has 0 spiro atoms. The van der Waals surface area contributed by atoms with Crippen LogP contribution in [0, 0.1) is 17.3 Å². The zero-order chi connectivity index (χ0) is 27.3. The highest BCUT2D eigenvalue weighted by atomic mass is 16.7. The van der Waals surface area contributed by atoms with E-state index in [-0.39, 0.29) is 30.5 Å². The molecule has 0 aromatic carbocycles. The predicted octanol–water partition coefficient (Wildman–Crippen LogP) is -0.598. The number of hydrogen-bond donors (Lipinski definition) is 7. The topological polar surface area (TPSA) is 179 Å². The third-order valence-corrected chi connectivity index (χ3v) is 9.56. The molecule has 4 rings (SSSR count). The zero-order valence-corrected chi connectivity index (χ0v) is 22.3. The van der Waals surface area contributed by atoms with E-state index in [2.05, 4.69) is 6.92 Å². The van der Waals surface area contributed by atoms with Crippen molar-refractivity contribution in [2.45, 2.75) is 133 Å². The Labute approximate surface area is 218 Å². The van der Waals surface area contributed by atoms with Crippen LogP contribution in [0.4, 0.5) is 0 Å². The smallest absolute Gasteiger partial charge is 0.187 e. The van der Waals surface area contributed by atoms with Crippen LogP contribution in [0.1, 0.15) is 66.2 Å². The predicted molar refractivity (Wildman–Crippen MR) is 129 cm³/mol. The minimum absolute atomic E-state index is 0.0725. The normalized spacial score (nSPS) is 51.5. The fourth-order valence-electron chi connectivity index (χ4n) is 6.99. The SMILES string of the molecule is CC(C)(O[C@@H]1O[C@H](CO[C@@H]2OC[C@@H](O)[C@H](O)[C@H]2O)[C@@H](O)[C@H](O)[C@H]1O)[C@@H]1CC[C@@]2(C)CCC[C@@](C)(O)[C@@H]2C1. The van der Waals surface area contributed by atoms with Crippen LogP contribution in [0.25, 0.3) is 0 Å². The molecule has 37 heavy (non-hydrogen) atoms. The first kappa shape index (κ1) is 29.5. The van der Waals surface area contributed by atoms with Crippen LogP contribution in [0.2, 0.25) is 0 Å². The van der Waals surface area contributed by atoms with Gasteiger partial charge >= 0.3 is 0 Å². The minimum Gasteiger partial charge on any atom is -0.390 e. The lowest BCUT2D eigenvalue weighted by molar-refractivity contribution is -0.341. The van der Waals surface area contributed by atoms with E-state index in [4.69, 9.17) is 18.9 Å². The van der Waals surface area contributed by atoms with E-state index < -0.39 is 66.5 Å². The molecular formula is C26H46O11. The maximum absolute atomic E-state index is 11.2. The van der Waals surface area contributed by atoms with Crippen molar-refractivity contribution in [2.75, 3.05) is 13.2 Å². The van der Waals surface area contributed by atoms with Crippen molar-refractivity contribution in [3.63, 3.8) is 0 Å². The molecule has 0 bridgehead atoms. The van der Waals surface area contributed by atoms with E-state index >= 15 is 0 Å². The molecule has 13 atom stereocenters. The molecule has 2 saturated carbocycles. The molecular weight excluding hydrogens is 488 g/mol. The Kier molecular flexibility index (Phi) is 8.66. The fraction of sp³-hybridized carbons (Fsp3) is 1.00. The lowest BCUT2D eigenvalue weighted by Crippen LogP contribution is -2.62. The van der Waals surface area contributed by atoms with Gasteiger partial charge in [0.05, 0.1) is 24.4 Å². The molecule has 216 valence electrons. The molecule has 7 N–H and O–H groups in total. The molecule has 0 radical (unpaired) electrons. The first-order valence-electron chi connectivity index (χ1n) is 13.5. The molecule has 11 nitrogen and oxygen atoms in total. The summed E-state index contributed by atoms with van der Waals surface area (Å²) >= 11 is 0. The second kappa shape index (κ2) is 10.9. The Morgan fingerprint density at radius 1 is 0.865 bits per heavy atom. The van der Waals surface area contributed by atoms with Crippen molar-refractivity contribution in [3.8, 4) is 0 Å². The molecule has 4 aliphatic rings. The minimum atomic E-state index is -1.57. The van der Waals surface area contributed by atoms with Gasteiger partial charge in [0, 0.05) is 0 Å². The van der Waals surface area contributed by atoms with Gasteiger partial charge in [0.25, 0.3) is 0 Å². The number of hydrogen-bond acceptors (Lipinski definition) is 11. The van der Waals surface area contributed by atoms with E-state index in [9.17, 15) is 35.7 Å². The molecule has 0 unspecified atom stereocenters. The second-order valence-corrected chi connectivity index (χ2v) is 12.7. The summed E-state index contributed by atoms with van der Waals surface area (Å²) in [7, 11) is 0. The summed E-state index contributed by atoms with van der Waals surface area (Å²) in [6, 6.07) is 0. The molecule has 2 saturated heterocycles. The van der Waals surface area contributed by atoms with Crippen molar-refractivity contribution in [1.82, 2.24) is 0 Å². The van der Waals surface area contributed by atoms with E-state index in [0.717, 1.165) is 38.5 Å². The average Bonchev–Trinajstić information content (AvgIpc) is 2.82. The third-order valence-electron chi connectivity index (χ3n) is 9.56. The summed E-state index contributed by atoms with van der Waals surface area (Å²) in [5.74, 6) is 0.195. The lowest BCUT2D eigenvalue weighted by atomic mass is 9.52. The van der Waals surface area contributed by atoms with E-state index in [0.29, 0.717) is 0 Å². The van der Waals surface area contributed by atoms with Crippen LogP contribution in [0.15, 0.2) is 0 Å². The van der Waals surface area contributed by atoms with Gasteiger partial charge in [-0.25, -0.2) is 0 Å². The number of fused-ring (bicyclic) bond motifs is 1. The van der Waals surface area contributed by atoms with Gasteiger partial charge in [-0.3, -0.25) is 0 Å². The molecule has 2 heterocycles. The maximum atomic E-state index is 11.2. The molecule has 2 aliphatic heterocycles. The first-order valence-corrected chi connectivity index (χ1v) is 13.5. The van der Waals surface area contributed by atoms with Crippen molar-refractivity contribution in [1.29, 1.82) is 0 Å². The molecule has 0 amide bonds. The van der Waals surface area contributed by atoms with Gasteiger partial charge in [-0.15, -0.1) is 0 Å². The molecule has 4 fully saturated rings. The molecule has 0 aromatic rings. The van der Waals surface area contributed by atoms with Crippen LogP contribution in [-0.2, 0) is 18.9 Å². The van der Waals surface area contributed by atoms with Gasteiger partial charge in [-0.1, -0.05) is 13.3 Å². The quantitative estimate of drug-likeness (QED) is 0.231. The Morgan fingerprint density at radius 2 is 1.54 bits per heavy atom. The van der Waals surface area contributed by atoms with Crippen molar-refractivity contribution in [2.24, 2.45) is 17.3 Å². The van der Waals surface area contributed by atoms with Crippen LogP contribution in [-0.4, -0.2) is 115 Å². The van der Waals surface area contributed by atoms with Gasteiger partial charge < -0.3 is 54.7 Å². The summed E-state index contributed by atoms with van der Waals surface area (Å²) in [6.45, 7) is 7.44. The monoisotopic (exact) mass is 534 g/mol. The van der Waals surface area contributed by atoms with Crippen LogP contribution in [0.5, 0.6) is 0 Å². The number of ether oxygens (including phenoxy) is 4. The Bertz CT molecular complexity index is 778. The lowest BCUT2D eigenvalue weighted by Gasteiger charge is -2.56. The highest BCUT2D eigenvalue weighted by molar-refractivity contribution is 5.04. The van der Waals surface area contributed by atoms with E-state index in [1.165, 1.54) is 0 Å². The largest absolute Gasteiger partial charge is 0.390 e. The highest BCUT2D eigenvalue weighted by Gasteiger charge is 2.54. The Hall–Kier alpha value is -0.440. The standard InChI is InChI=1S/C26H46O11/c1-24(2,13-6-9-25(3)7-5-8-26(4,33)16(25)10-13)37-23-21(32)19(30)18(29)15(36-23)12-35-22-20(31)17(28)14(27)11-34-22/h13-23,27-33H,5-12H2,1-4H3/t13-,14-,15-,16-,17+,18-,19+,20-,21-,22+,23+,25-,26-/m1/s1. The summed E-state index contributed by atoms with van der Waals surface area (Å²) < 4.78 is 22.8. The first-order chi connectivity index (χ1) is 17.2. The molecule has 11 heteroatoms. The van der Waals surface area contributed by atoms with Crippen molar-refractivity contribution in [3.05, 3.63) is 0 Å². The maximum Gasteiger partial charge on any atom is 0.187 e. The highest BCUT2D eigenvalue weighted by Crippen LogP contribution is 2.57. The summed E-state index contributed by atoms with van der Waals surface area (Å²) in [5.41, 5.74) is -1.44. The van der Waals surface area contributed by atoms with Crippen LogP contribution in [0.3, 0.4) is 0 Å². The zero-order valence-electron chi connectivity index (χ0n) is 22.3. The fourth-order valence-corrected chi connectivity index (χ4v) is 6.99. The number of rotatable bonds is 6. The Morgan fingerprint density at radius 3 is 2.24 bits per heavy atom. The molecule has 0 aromatic heterocycles. The van der Waals surface area contributed by atoms with E-state index in [1.54, 1.807) is 0 Å². The van der Waals surface area contributed by atoms with E-state index in [1.807, 2.05) is 20.8 Å². The van der Waals surface area contributed by atoms with Gasteiger partial charge in [0.2, 0.25) is 0 Å². The molecule has 2 aliphatic carbocycles. The average molecular weight is 535 g/mol. The number of aliphatic hydroxyl groups excluding tert-OH is 6. The van der Waals surface area contributed by atoms with Gasteiger partial charge in [-0.05, 0) is 70.1 Å². The van der Waals surface area contributed by atoms with Crippen molar-refractivity contribution >= 4 is 0 Å². The van der Waals surface area contributed by atoms with Gasteiger partial charge in [0.1, 0.15) is 42.7 Å². The van der Waals surface area contributed by atoms with Crippen molar-refractivity contribution < 1.29 is 54.7 Å².